The number of piperidine rings is 1. The predicted octanol–water partition coefficient (Wildman–Crippen LogP) is 3.39. The Bertz CT molecular complexity index is 673. The molecule has 2 aromatic heterocycles. The Morgan fingerprint density at radius 2 is 2.41 bits per heavy atom. The van der Waals surface area contributed by atoms with E-state index in [4.69, 9.17) is 0 Å². The number of thiazole rings is 1. The first-order chi connectivity index (χ1) is 10.7. The summed E-state index contributed by atoms with van der Waals surface area (Å²) in [6, 6.07) is 3.13. The van der Waals surface area contributed by atoms with Gasteiger partial charge in [-0.05, 0) is 25.3 Å². The molecular weight excluding hydrogens is 300 g/mol. The van der Waals surface area contributed by atoms with Crippen molar-refractivity contribution in [1.82, 2.24) is 9.97 Å². The smallest absolute Gasteiger partial charge is 0.311 e. The summed E-state index contributed by atoms with van der Waals surface area (Å²) >= 11 is 1.70. The second-order valence-corrected chi connectivity index (χ2v) is 6.31. The highest BCUT2D eigenvalue weighted by Gasteiger charge is 2.28. The molecule has 1 atom stereocenters. The summed E-state index contributed by atoms with van der Waals surface area (Å²) in [4.78, 5) is 21.8. The third kappa shape index (κ3) is 2.94. The van der Waals surface area contributed by atoms with Crippen LogP contribution in [0.2, 0.25) is 0 Å². The summed E-state index contributed by atoms with van der Waals surface area (Å²) in [6.07, 6.45) is 4.64. The van der Waals surface area contributed by atoms with E-state index in [2.05, 4.69) is 22.3 Å². The Morgan fingerprint density at radius 3 is 3.14 bits per heavy atom. The van der Waals surface area contributed by atoms with Crippen molar-refractivity contribution >= 4 is 22.8 Å². The number of nitro groups is 1. The normalized spacial score (nSPS) is 18.4. The lowest BCUT2D eigenvalue weighted by Crippen LogP contribution is -2.35. The highest BCUT2D eigenvalue weighted by molar-refractivity contribution is 7.09. The summed E-state index contributed by atoms with van der Waals surface area (Å²) in [7, 11) is 0. The van der Waals surface area contributed by atoms with Gasteiger partial charge in [0.2, 0.25) is 5.82 Å². The van der Waals surface area contributed by atoms with Crippen molar-refractivity contribution in [3.05, 3.63) is 44.5 Å². The maximum atomic E-state index is 11.2. The monoisotopic (exact) mass is 318 g/mol. The van der Waals surface area contributed by atoms with E-state index in [0.29, 0.717) is 11.7 Å². The number of aromatic nitrogens is 2. The molecule has 22 heavy (non-hydrogen) atoms. The molecule has 1 fully saturated rings. The summed E-state index contributed by atoms with van der Waals surface area (Å²) in [6.45, 7) is 3.65. The van der Waals surface area contributed by atoms with E-state index in [1.54, 1.807) is 23.6 Å². The lowest BCUT2D eigenvalue weighted by molar-refractivity contribution is -0.384. The van der Waals surface area contributed by atoms with Gasteiger partial charge in [-0.15, -0.1) is 11.3 Å². The summed E-state index contributed by atoms with van der Waals surface area (Å²) in [5.74, 6) is 0.810. The number of pyridine rings is 1. The fraction of sp³-hybridized carbons (Fsp3) is 0.467. The SMILES string of the molecule is CCc1csc([C@@H]2CCCN(c3ncccc3[N+](=O)[O-])C2)n1. The molecule has 0 aliphatic carbocycles. The molecule has 0 amide bonds. The molecule has 1 saturated heterocycles. The fourth-order valence-corrected chi connectivity index (χ4v) is 3.85. The summed E-state index contributed by atoms with van der Waals surface area (Å²) in [5, 5.41) is 14.4. The number of rotatable bonds is 4. The maximum Gasteiger partial charge on any atom is 0.311 e. The lowest BCUT2D eigenvalue weighted by atomic mass is 9.98. The molecular formula is C15H18N4O2S. The lowest BCUT2D eigenvalue weighted by Gasteiger charge is -2.32. The first-order valence-corrected chi connectivity index (χ1v) is 8.35. The molecule has 7 heteroatoms. The van der Waals surface area contributed by atoms with Gasteiger partial charge < -0.3 is 4.90 Å². The van der Waals surface area contributed by atoms with Gasteiger partial charge in [-0.1, -0.05) is 6.92 Å². The molecule has 1 aliphatic heterocycles. The molecule has 3 heterocycles. The van der Waals surface area contributed by atoms with Crippen molar-refractivity contribution in [2.24, 2.45) is 0 Å². The molecule has 1 aliphatic rings. The largest absolute Gasteiger partial charge is 0.350 e. The molecule has 116 valence electrons. The van der Waals surface area contributed by atoms with Gasteiger partial charge in [-0.25, -0.2) is 9.97 Å². The zero-order chi connectivity index (χ0) is 15.5. The summed E-state index contributed by atoms with van der Waals surface area (Å²) in [5.41, 5.74) is 1.21. The highest BCUT2D eigenvalue weighted by atomic mass is 32.1. The Hall–Kier alpha value is -2.02. The average Bonchev–Trinajstić information content (AvgIpc) is 3.04. The van der Waals surface area contributed by atoms with Gasteiger partial charge in [-0.2, -0.15) is 0 Å². The van der Waals surface area contributed by atoms with Crippen molar-refractivity contribution in [1.29, 1.82) is 0 Å². The molecule has 0 spiro atoms. The minimum absolute atomic E-state index is 0.0801. The van der Waals surface area contributed by atoms with E-state index in [1.807, 2.05) is 4.90 Å². The number of anilines is 1. The van der Waals surface area contributed by atoms with E-state index < -0.39 is 0 Å². The molecule has 0 saturated carbocycles. The predicted molar refractivity (Wildman–Crippen MR) is 86.6 cm³/mol. The van der Waals surface area contributed by atoms with Crippen molar-refractivity contribution < 1.29 is 4.92 Å². The average molecular weight is 318 g/mol. The highest BCUT2D eigenvalue weighted by Crippen LogP contribution is 2.34. The summed E-state index contributed by atoms with van der Waals surface area (Å²) < 4.78 is 0. The van der Waals surface area contributed by atoms with Crippen LogP contribution in [0.5, 0.6) is 0 Å². The van der Waals surface area contributed by atoms with Crippen LogP contribution in [-0.4, -0.2) is 28.0 Å². The standard InChI is InChI=1S/C15H18N4O2S/c1-2-12-10-22-15(17-12)11-5-4-8-18(9-11)14-13(19(20)21)6-3-7-16-14/h3,6-7,10-11H,2,4-5,8-9H2,1H3/t11-/m1/s1. The van der Waals surface area contributed by atoms with Gasteiger partial charge in [0.05, 0.1) is 15.6 Å². The fourth-order valence-electron chi connectivity index (χ4n) is 2.82. The zero-order valence-corrected chi connectivity index (χ0v) is 13.3. The van der Waals surface area contributed by atoms with Crippen molar-refractivity contribution in [2.45, 2.75) is 32.1 Å². The number of nitrogens with zero attached hydrogens (tertiary/aromatic N) is 4. The van der Waals surface area contributed by atoms with Crippen molar-refractivity contribution in [3.63, 3.8) is 0 Å². The van der Waals surface area contributed by atoms with Crippen LogP contribution in [0, 0.1) is 10.1 Å². The van der Waals surface area contributed by atoms with Crippen molar-refractivity contribution in [3.8, 4) is 0 Å². The van der Waals surface area contributed by atoms with E-state index in [-0.39, 0.29) is 10.6 Å². The van der Waals surface area contributed by atoms with Gasteiger partial charge >= 0.3 is 5.69 Å². The third-order valence-electron chi connectivity index (χ3n) is 3.96. The van der Waals surface area contributed by atoms with Gasteiger partial charge in [-0.3, -0.25) is 10.1 Å². The second-order valence-electron chi connectivity index (χ2n) is 5.42. The van der Waals surface area contributed by atoms with E-state index >= 15 is 0 Å². The number of hydrogen-bond donors (Lipinski definition) is 0. The Morgan fingerprint density at radius 1 is 1.55 bits per heavy atom. The van der Waals surface area contributed by atoms with Crippen LogP contribution in [0.3, 0.4) is 0 Å². The molecule has 0 unspecified atom stereocenters. The molecule has 0 bridgehead atoms. The van der Waals surface area contributed by atoms with Gasteiger partial charge in [0.25, 0.3) is 0 Å². The van der Waals surface area contributed by atoms with Crippen LogP contribution >= 0.6 is 11.3 Å². The Kier molecular flexibility index (Phi) is 4.33. The van der Waals surface area contributed by atoms with E-state index in [9.17, 15) is 10.1 Å². The van der Waals surface area contributed by atoms with Crippen LogP contribution in [-0.2, 0) is 6.42 Å². The molecule has 2 aromatic rings. The Balaban J connectivity index is 1.83. The second kappa shape index (κ2) is 6.39. The molecule has 0 N–H and O–H groups in total. The van der Waals surface area contributed by atoms with Gasteiger partial charge in [0.15, 0.2) is 0 Å². The Labute approximate surface area is 133 Å². The molecule has 0 aromatic carbocycles. The molecule has 0 radical (unpaired) electrons. The third-order valence-corrected chi connectivity index (χ3v) is 5.02. The number of hydrogen-bond acceptors (Lipinski definition) is 6. The first-order valence-electron chi connectivity index (χ1n) is 7.47. The zero-order valence-electron chi connectivity index (χ0n) is 12.4. The minimum atomic E-state index is -0.357. The first kappa shape index (κ1) is 14.9. The number of aryl methyl sites for hydroxylation is 1. The van der Waals surface area contributed by atoms with Crippen molar-refractivity contribution in [2.75, 3.05) is 18.0 Å². The van der Waals surface area contributed by atoms with Gasteiger partial charge in [0, 0.05) is 36.7 Å². The van der Waals surface area contributed by atoms with E-state index in [0.717, 1.165) is 43.1 Å². The van der Waals surface area contributed by atoms with E-state index in [1.165, 1.54) is 6.07 Å². The maximum absolute atomic E-state index is 11.2. The molecule has 6 nitrogen and oxygen atoms in total. The topological polar surface area (TPSA) is 72.2 Å². The quantitative estimate of drug-likeness (QED) is 0.638. The van der Waals surface area contributed by atoms with Crippen LogP contribution in [0.25, 0.3) is 0 Å². The van der Waals surface area contributed by atoms with Crippen LogP contribution in [0.1, 0.15) is 36.4 Å². The van der Waals surface area contributed by atoms with Crippen LogP contribution in [0.15, 0.2) is 23.7 Å². The van der Waals surface area contributed by atoms with Crippen LogP contribution in [0.4, 0.5) is 11.5 Å². The minimum Gasteiger partial charge on any atom is -0.350 e. The van der Waals surface area contributed by atoms with Gasteiger partial charge in [0.1, 0.15) is 0 Å². The van der Waals surface area contributed by atoms with Crippen LogP contribution < -0.4 is 4.90 Å². The molecule has 3 rings (SSSR count).